The Kier molecular flexibility index (Phi) is 5.98. The minimum Gasteiger partial charge on any atom is -0.497 e. The fraction of sp³-hybridized carbons (Fsp3) is 0.200. The minimum absolute atomic E-state index is 0.171. The molecule has 0 aliphatic carbocycles. The summed E-state index contributed by atoms with van der Waals surface area (Å²) in [7, 11) is 3.20. The van der Waals surface area contributed by atoms with E-state index in [1.807, 2.05) is 37.3 Å². The number of methoxy groups -OCH3 is 2. The van der Waals surface area contributed by atoms with Crippen LogP contribution in [0.4, 0.5) is 0 Å². The summed E-state index contributed by atoms with van der Waals surface area (Å²) in [6.07, 6.45) is 0. The highest BCUT2D eigenvalue weighted by molar-refractivity contribution is 6.32. The minimum atomic E-state index is 0.171. The normalized spacial score (nSPS) is 11.3. The molecule has 2 aromatic carbocycles. The average Bonchev–Trinajstić information content (AvgIpc) is 3.17. The van der Waals surface area contributed by atoms with E-state index >= 15 is 0 Å². The summed E-state index contributed by atoms with van der Waals surface area (Å²) in [5.74, 6) is 1.96. The summed E-state index contributed by atoms with van der Waals surface area (Å²) < 4.78 is 15.6. The van der Waals surface area contributed by atoms with Gasteiger partial charge in [0.15, 0.2) is 12.4 Å². The Hall–Kier alpha value is -2.99. The summed E-state index contributed by atoms with van der Waals surface area (Å²) in [6, 6.07) is 14.8. The number of halogens is 1. The van der Waals surface area contributed by atoms with Gasteiger partial charge in [-0.15, -0.1) is 0 Å². The van der Waals surface area contributed by atoms with Crippen molar-refractivity contribution in [2.75, 3.05) is 14.2 Å². The van der Waals surface area contributed by atoms with Gasteiger partial charge in [0, 0.05) is 11.6 Å². The zero-order valence-corrected chi connectivity index (χ0v) is 16.0. The molecule has 3 rings (SSSR count). The van der Waals surface area contributed by atoms with Crippen LogP contribution in [0.3, 0.4) is 0 Å². The number of hydrogen-bond acceptors (Lipinski definition) is 6. The van der Waals surface area contributed by atoms with E-state index in [1.54, 1.807) is 32.4 Å². The zero-order valence-electron chi connectivity index (χ0n) is 15.2. The quantitative estimate of drug-likeness (QED) is 0.424. The Morgan fingerprint density at radius 3 is 2.52 bits per heavy atom. The van der Waals surface area contributed by atoms with Crippen LogP contribution in [-0.4, -0.2) is 25.1 Å². The SMILES string of the molecule is COc1ccc(/C(C)=N/OCc2cc(-c3ccc(OC)c(Cl)c3)no2)cc1. The molecule has 0 fully saturated rings. The molecule has 3 aromatic rings. The fourth-order valence-corrected chi connectivity index (χ4v) is 2.68. The largest absolute Gasteiger partial charge is 0.497 e. The lowest BCUT2D eigenvalue weighted by atomic mass is 10.1. The van der Waals surface area contributed by atoms with Crippen LogP contribution in [0.2, 0.25) is 5.02 Å². The Labute approximate surface area is 162 Å². The first-order valence-electron chi connectivity index (χ1n) is 8.21. The maximum atomic E-state index is 6.15. The molecule has 0 N–H and O–H groups in total. The van der Waals surface area contributed by atoms with E-state index in [-0.39, 0.29) is 6.61 Å². The van der Waals surface area contributed by atoms with Crippen LogP contribution >= 0.6 is 11.6 Å². The molecule has 0 aliphatic heterocycles. The van der Waals surface area contributed by atoms with Gasteiger partial charge in [0.05, 0.1) is 25.0 Å². The van der Waals surface area contributed by atoms with E-state index in [0.29, 0.717) is 22.2 Å². The smallest absolute Gasteiger partial charge is 0.177 e. The lowest BCUT2D eigenvalue weighted by Gasteiger charge is -2.03. The number of aromatic nitrogens is 1. The second-order valence-electron chi connectivity index (χ2n) is 5.71. The van der Waals surface area contributed by atoms with E-state index < -0.39 is 0 Å². The predicted octanol–water partition coefficient (Wildman–Crippen LogP) is 4.95. The molecule has 140 valence electrons. The molecule has 0 unspecified atom stereocenters. The third-order valence-corrected chi connectivity index (χ3v) is 4.22. The van der Waals surface area contributed by atoms with Gasteiger partial charge < -0.3 is 18.8 Å². The molecule has 1 aromatic heterocycles. The Morgan fingerprint density at radius 1 is 1.07 bits per heavy atom. The molecule has 0 saturated heterocycles. The highest BCUT2D eigenvalue weighted by Crippen LogP contribution is 2.30. The third kappa shape index (κ3) is 4.60. The van der Waals surface area contributed by atoms with E-state index in [9.17, 15) is 0 Å². The van der Waals surface area contributed by atoms with E-state index in [1.165, 1.54) is 0 Å². The summed E-state index contributed by atoms with van der Waals surface area (Å²) in [4.78, 5) is 5.38. The standard InChI is InChI=1S/C20H19ClN2O4/c1-13(14-4-7-16(24-2)8-5-14)22-26-12-17-11-19(23-27-17)15-6-9-20(25-3)18(21)10-15/h4-11H,12H2,1-3H3/b22-13+. The number of hydrogen-bond donors (Lipinski definition) is 0. The highest BCUT2D eigenvalue weighted by atomic mass is 35.5. The molecule has 0 spiro atoms. The van der Waals surface area contributed by atoms with E-state index in [4.69, 9.17) is 30.4 Å². The van der Waals surface area contributed by atoms with Crippen LogP contribution in [0.15, 0.2) is 58.2 Å². The van der Waals surface area contributed by atoms with Gasteiger partial charge in [0.25, 0.3) is 0 Å². The topological polar surface area (TPSA) is 66.1 Å². The predicted molar refractivity (Wildman–Crippen MR) is 103 cm³/mol. The maximum Gasteiger partial charge on any atom is 0.177 e. The van der Waals surface area contributed by atoms with Crippen LogP contribution in [0.1, 0.15) is 18.2 Å². The summed E-state index contributed by atoms with van der Waals surface area (Å²) in [6.45, 7) is 2.04. The van der Waals surface area contributed by atoms with Crippen LogP contribution in [-0.2, 0) is 11.4 Å². The van der Waals surface area contributed by atoms with Crippen molar-refractivity contribution in [2.24, 2.45) is 5.16 Å². The lowest BCUT2D eigenvalue weighted by Crippen LogP contribution is -1.96. The summed E-state index contributed by atoms with van der Waals surface area (Å²) in [5.41, 5.74) is 3.18. The average molecular weight is 387 g/mol. The second kappa shape index (κ2) is 8.60. The second-order valence-corrected chi connectivity index (χ2v) is 6.11. The number of ether oxygens (including phenoxy) is 2. The van der Waals surface area contributed by atoms with Crippen molar-refractivity contribution < 1.29 is 18.8 Å². The Bertz CT molecular complexity index is 935. The molecule has 27 heavy (non-hydrogen) atoms. The molecule has 0 aliphatic rings. The zero-order chi connectivity index (χ0) is 19.2. The number of nitrogens with zero attached hydrogens (tertiary/aromatic N) is 2. The van der Waals surface area contributed by atoms with Gasteiger partial charge >= 0.3 is 0 Å². The molecular formula is C20H19ClN2O4. The summed E-state index contributed by atoms with van der Waals surface area (Å²) in [5, 5.41) is 8.67. The molecule has 0 atom stereocenters. The van der Waals surface area contributed by atoms with Gasteiger partial charge in [-0.1, -0.05) is 21.9 Å². The first-order valence-corrected chi connectivity index (χ1v) is 8.59. The van der Waals surface area contributed by atoms with Crippen molar-refractivity contribution in [2.45, 2.75) is 13.5 Å². The van der Waals surface area contributed by atoms with Gasteiger partial charge in [-0.2, -0.15) is 0 Å². The molecular weight excluding hydrogens is 368 g/mol. The number of benzene rings is 2. The number of oxime groups is 1. The van der Waals surface area contributed by atoms with Crippen LogP contribution in [0.5, 0.6) is 11.5 Å². The van der Waals surface area contributed by atoms with Crippen LogP contribution in [0.25, 0.3) is 11.3 Å². The van der Waals surface area contributed by atoms with Gasteiger partial charge in [0.2, 0.25) is 0 Å². The number of rotatable bonds is 7. The third-order valence-electron chi connectivity index (χ3n) is 3.92. The molecule has 0 amide bonds. The molecule has 7 heteroatoms. The molecule has 6 nitrogen and oxygen atoms in total. The Morgan fingerprint density at radius 2 is 1.85 bits per heavy atom. The first-order chi connectivity index (χ1) is 13.1. The molecule has 0 radical (unpaired) electrons. The van der Waals surface area contributed by atoms with Gasteiger partial charge in [-0.05, 0) is 55.0 Å². The molecule has 1 heterocycles. The van der Waals surface area contributed by atoms with Crippen molar-refractivity contribution in [3.8, 4) is 22.8 Å². The van der Waals surface area contributed by atoms with Crippen molar-refractivity contribution in [1.29, 1.82) is 0 Å². The Balaban J connectivity index is 1.63. The molecule has 0 bridgehead atoms. The summed E-state index contributed by atoms with van der Waals surface area (Å²) >= 11 is 6.15. The lowest BCUT2D eigenvalue weighted by molar-refractivity contribution is 0.109. The van der Waals surface area contributed by atoms with E-state index in [2.05, 4.69) is 10.3 Å². The van der Waals surface area contributed by atoms with Gasteiger partial charge in [-0.25, -0.2) is 0 Å². The highest BCUT2D eigenvalue weighted by Gasteiger charge is 2.10. The maximum absolute atomic E-state index is 6.15. The van der Waals surface area contributed by atoms with Crippen LogP contribution in [0, 0.1) is 0 Å². The van der Waals surface area contributed by atoms with E-state index in [0.717, 1.165) is 22.6 Å². The van der Waals surface area contributed by atoms with Crippen molar-refractivity contribution >= 4 is 17.3 Å². The monoisotopic (exact) mass is 386 g/mol. The van der Waals surface area contributed by atoms with Crippen molar-refractivity contribution in [3.05, 3.63) is 64.9 Å². The van der Waals surface area contributed by atoms with Crippen molar-refractivity contribution in [1.82, 2.24) is 5.16 Å². The van der Waals surface area contributed by atoms with Gasteiger partial charge in [-0.3, -0.25) is 0 Å². The van der Waals surface area contributed by atoms with Crippen molar-refractivity contribution in [3.63, 3.8) is 0 Å². The molecule has 0 saturated carbocycles. The first kappa shape index (κ1) is 18.8. The fourth-order valence-electron chi connectivity index (χ4n) is 2.42. The van der Waals surface area contributed by atoms with Gasteiger partial charge in [0.1, 0.15) is 17.2 Å². The van der Waals surface area contributed by atoms with Crippen LogP contribution < -0.4 is 9.47 Å².